The van der Waals surface area contributed by atoms with Crippen LogP contribution in [0.25, 0.3) is 38.5 Å². The first-order valence-corrected chi connectivity index (χ1v) is 19.4. The Morgan fingerprint density at radius 3 is 1.25 bits per heavy atom. The van der Waals surface area contributed by atoms with E-state index in [9.17, 15) is 0 Å². The molecule has 0 atom stereocenters. The highest BCUT2D eigenvalue weighted by Gasteiger charge is 1.97. The Morgan fingerprint density at radius 2 is 0.842 bits per heavy atom. The Balaban J connectivity index is 0.000000639. The van der Waals surface area contributed by atoms with Crippen molar-refractivity contribution in [2.24, 2.45) is 21.7 Å². The predicted molar refractivity (Wildman–Crippen MR) is 251 cm³/mol. The number of rotatable bonds is 0. The number of pyridine rings is 1. The third kappa shape index (κ3) is 30.6. The van der Waals surface area contributed by atoms with E-state index in [0.29, 0.717) is 21.7 Å². The average Bonchev–Trinajstić information content (AvgIpc) is 3.89. The van der Waals surface area contributed by atoms with Crippen LogP contribution in [0.15, 0.2) is 129 Å². The first kappa shape index (κ1) is 51.8. The monoisotopic (exact) mass is 777 g/mol. The van der Waals surface area contributed by atoms with Gasteiger partial charge in [0.1, 0.15) is 0 Å². The van der Waals surface area contributed by atoms with Crippen molar-refractivity contribution >= 4 is 38.5 Å². The molecule has 312 valence electrons. The summed E-state index contributed by atoms with van der Waals surface area (Å²) in [6, 6.07) is 29.9. The van der Waals surface area contributed by atoms with Gasteiger partial charge in [0.2, 0.25) is 0 Å². The highest BCUT2D eigenvalue weighted by Crippen LogP contribution is 2.11. The maximum absolute atomic E-state index is 4.06. The number of aromatic nitrogens is 8. The Hall–Kier alpha value is -5.24. The number of aromatic amines is 3. The lowest BCUT2D eigenvalue weighted by molar-refractivity contribution is 0.469. The van der Waals surface area contributed by atoms with Crippen LogP contribution in [-0.4, -0.2) is 39.5 Å². The van der Waals surface area contributed by atoms with Crippen LogP contribution in [0.1, 0.15) is 118 Å². The van der Waals surface area contributed by atoms with E-state index in [1.54, 1.807) is 19.0 Å². The number of H-pyrrole nitrogens is 3. The molecule has 8 aromatic rings. The maximum atomic E-state index is 4.06. The zero-order valence-corrected chi connectivity index (χ0v) is 37.4. The van der Waals surface area contributed by atoms with Crippen molar-refractivity contribution < 1.29 is 0 Å². The SMILES string of the molecule is C.CC(C)(C)C.CC(C)(C)C.CC(C)(C)C.CC(C)(C)C.c1ccc2[nH]cnc2c1.c1ccc2[nH]cnc2c1.c1ccc2[nH]ncc2c1.c1ccn2cncc2c1. The lowest BCUT2D eigenvalue weighted by Gasteiger charge is -2.05. The molecule has 0 fully saturated rings. The number of benzene rings is 3. The third-order valence-corrected chi connectivity index (χ3v) is 5.33. The first-order chi connectivity index (χ1) is 25.9. The van der Waals surface area contributed by atoms with Gasteiger partial charge in [-0.2, -0.15) is 5.10 Å². The fraction of sp³-hybridized carbons (Fsp3) is 0.429. The van der Waals surface area contributed by atoms with Crippen molar-refractivity contribution in [3.63, 3.8) is 0 Å². The molecule has 0 saturated carbocycles. The molecule has 57 heavy (non-hydrogen) atoms. The van der Waals surface area contributed by atoms with E-state index in [4.69, 9.17) is 0 Å². The minimum Gasteiger partial charge on any atom is -0.345 e. The van der Waals surface area contributed by atoms with Crippen LogP contribution < -0.4 is 0 Å². The molecule has 8 heteroatoms. The summed E-state index contributed by atoms with van der Waals surface area (Å²) in [7, 11) is 0. The van der Waals surface area contributed by atoms with Crippen molar-refractivity contribution in [2.45, 2.75) is 118 Å². The summed E-state index contributed by atoms with van der Waals surface area (Å²) < 4.78 is 1.97. The number of imidazole rings is 3. The van der Waals surface area contributed by atoms with Crippen molar-refractivity contribution in [3.8, 4) is 0 Å². The van der Waals surface area contributed by atoms with Gasteiger partial charge in [0.25, 0.3) is 0 Å². The van der Waals surface area contributed by atoms with Gasteiger partial charge in [-0.25, -0.2) is 15.0 Å². The van der Waals surface area contributed by atoms with E-state index in [2.05, 4.69) is 146 Å². The smallest absolute Gasteiger partial charge is 0.0991 e. The molecule has 5 heterocycles. The van der Waals surface area contributed by atoms with E-state index in [-0.39, 0.29) is 7.43 Å². The van der Waals surface area contributed by atoms with Gasteiger partial charge in [0, 0.05) is 11.6 Å². The molecule has 8 nitrogen and oxygen atoms in total. The van der Waals surface area contributed by atoms with Gasteiger partial charge >= 0.3 is 0 Å². The lowest BCUT2D eigenvalue weighted by Crippen LogP contribution is -1.93. The normalized spacial score (nSPS) is 10.7. The quantitative estimate of drug-likeness (QED) is 0.143. The molecule has 5 aromatic heterocycles. The molecule has 8 rings (SSSR count). The summed E-state index contributed by atoms with van der Waals surface area (Å²) in [5.41, 5.74) is 8.47. The van der Waals surface area contributed by atoms with E-state index < -0.39 is 0 Å². The van der Waals surface area contributed by atoms with Crippen molar-refractivity contribution in [1.82, 2.24) is 39.5 Å². The summed E-state index contributed by atoms with van der Waals surface area (Å²) in [5, 5.41) is 7.91. The summed E-state index contributed by atoms with van der Waals surface area (Å²) in [4.78, 5) is 18.1. The number of nitrogens with zero attached hydrogens (tertiary/aromatic N) is 5. The molecule has 3 aromatic carbocycles. The predicted octanol–water partition coefficient (Wildman–Crippen LogP) is 14.9. The summed E-state index contributed by atoms with van der Waals surface area (Å²) in [6.07, 6.45) is 10.8. The highest BCUT2D eigenvalue weighted by atomic mass is 15.1. The number of hydrogen-bond donors (Lipinski definition) is 3. The van der Waals surface area contributed by atoms with Crippen molar-refractivity contribution in [3.05, 3.63) is 129 Å². The molecule has 0 aliphatic rings. The van der Waals surface area contributed by atoms with Gasteiger partial charge in [-0.15, -0.1) is 0 Å². The van der Waals surface area contributed by atoms with E-state index in [0.717, 1.165) is 38.5 Å². The van der Waals surface area contributed by atoms with Gasteiger partial charge in [0.05, 0.1) is 64.5 Å². The average molecular weight is 777 g/mol. The largest absolute Gasteiger partial charge is 0.345 e. The fourth-order valence-electron chi connectivity index (χ4n) is 3.51. The summed E-state index contributed by atoms with van der Waals surface area (Å²) in [6.45, 7) is 35.0. The topological polar surface area (TPSA) is 103 Å². The number of para-hydroxylation sites is 5. The van der Waals surface area contributed by atoms with E-state index in [1.165, 1.54) is 0 Å². The van der Waals surface area contributed by atoms with Crippen molar-refractivity contribution in [2.75, 3.05) is 0 Å². The molecule has 0 amide bonds. The molecule has 0 bridgehead atoms. The second kappa shape index (κ2) is 25.1. The molecular formula is C49H76N8. The minimum absolute atomic E-state index is 0. The second-order valence-corrected chi connectivity index (χ2v) is 19.7. The van der Waals surface area contributed by atoms with Crippen LogP contribution in [0, 0.1) is 21.7 Å². The van der Waals surface area contributed by atoms with E-state index >= 15 is 0 Å². The molecule has 0 unspecified atom stereocenters. The first-order valence-electron chi connectivity index (χ1n) is 19.4. The Morgan fingerprint density at radius 1 is 0.456 bits per heavy atom. The second-order valence-electron chi connectivity index (χ2n) is 19.7. The van der Waals surface area contributed by atoms with Gasteiger partial charge in [-0.3, -0.25) is 5.10 Å². The Labute approximate surface area is 345 Å². The van der Waals surface area contributed by atoms with Crippen LogP contribution in [0.5, 0.6) is 0 Å². The van der Waals surface area contributed by atoms with Gasteiger partial charge in [-0.1, -0.05) is 167 Å². The van der Waals surface area contributed by atoms with Gasteiger partial charge in [-0.05, 0) is 64.1 Å². The van der Waals surface area contributed by atoms with E-state index in [1.807, 2.05) is 114 Å². The lowest BCUT2D eigenvalue weighted by atomic mass is 10.0. The van der Waals surface area contributed by atoms with Crippen LogP contribution in [0.3, 0.4) is 0 Å². The van der Waals surface area contributed by atoms with Crippen LogP contribution in [0.2, 0.25) is 0 Å². The maximum Gasteiger partial charge on any atom is 0.0991 e. The third-order valence-electron chi connectivity index (χ3n) is 5.33. The minimum atomic E-state index is 0. The van der Waals surface area contributed by atoms with Crippen LogP contribution in [0.4, 0.5) is 0 Å². The Bertz CT molecular complexity index is 1700. The fourth-order valence-corrected chi connectivity index (χ4v) is 3.51. The molecule has 0 saturated heterocycles. The zero-order valence-electron chi connectivity index (χ0n) is 37.4. The number of hydrogen-bond acceptors (Lipinski definition) is 4. The molecule has 0 aliphatic heterocycles. The highest BCUT2D eigenvalue weighted by molar-refractivity contribution is 5.77. The number of nitrogens with one attached hydrogen (secondary N) is 3. The molecule has 0 spiro atoms. The van der Waals surface area contributed by atoms with Crippen LogP contribution >= 0.6 is 0 Å². The summed E-state index contributed by atoms with van der Waals surface area (Å²) in [5.74, 6) is 0. The van der Waals surface area contributed by atoms with Gasteiger partial charge in [0.15, 0.2) is 0 Å². The van der Waals surface area contributed by atoms with Crippen molar-refractivity contribution in [1.29, 1.82) is 0 Å². The molecule has 3 N–H and O–H groups in total. The molecule has 0 radical (unpaired) electrons. The zero-order chi connectivity index (χ0) is 42.4. The van der Waals surface area contributed by atoms with Crippen LogP contribution in [-0.2, 0) is 0 Å². The molecule has 0 aliphatic carbocycles. The van der Waals surface area contributed by atoms with Gasteiger partial charge < -0.3 is 14.4 Å². The number of fused-ring (bicyclic) bond motifs is 4. The standard InChI is InChI=1S/4C7H6N2.4C5H12.CH4/c1-2-4-9-6-8-5-7(9)3-1;2*1-2-4-7-6(3-1)8-5-9-7;1-2-4-7-6(3-1)5-8-9-7;4*1-5(2,3)4;/h1-6H;3*1-5H,(H,8,9);4*1-4H3;1H4. The summed E-state index contributed by atoms with van der Waals surface area (Å²) >= 11 is 0. The Kier molecular flexibility index (Phi) is 22.8. The molecular weight excluding hydrogens is 701 g/mol.